The molecule has 2 heterocycles. The second-order valence-corrected chi connectivity index (χ2v) is 6.59. The number of aromatic carboxylic acids is 1. The van der Waals surface area contributed by atoms with Crippen LogP contribution in [0.5, 0.6) is 0 Å². The summed E-state index contributed by atoms with van der Waals surface area (Å²) >= 11 is 0. The first-order chi connectivity index (χ1) is 10.7. The average Bonchev–Trinajstić information content (AvgIpc) is 2.46. The van der Waals surface area contributed by atoms with E-state index >= 15 is 0 Å². The van der Waals surface area contributed by atoms with E-state index in [0.717, 1.165) is 18.8 Å². The van der Waals surface area contributed by atoms with Gasteiger partial charge in [-0.25, -0.2) is 9.59 Å². The first-order valence-corrected chi connectivity index (χ1v) is 7.63. The second-order valence-electron chi connectivity index (χ2n) is 6.59. The van der Waals surface area contributed by atoms with E-state index in [4.69, 9.17) is 9.84 Å². The van der Waals surface area contributed by atoms with Gasteiger partial charge in [-0.05, 0) is 32.9 Å². The second kappa shape index (κ2) is 6.95. The number of amides is 1. The quantitative estimate of drug-likeness (QED) is 0.914. The van der Waals surface area contributed by atoms with E-state index in [9.17, 15) is 9.59 Å². The third kappa shape index (κ3) is 5.21. The Morgan fingerprint density at radius 2 is 1.87 bits per heavy atom. The molecule has 0 saturated carbocycles. The Labute approximate surface area is 135 Å². The van der Waals surface area contributed by atoms with Crippen LogP contribution in [0.3, 0.4) is 0 Å². The number of piperazine rings is 1. The van der Waals surface area contributed by atoms with Crippen molar-refractivity contribution in [1.29, 1.82) is 0 Å². The molecule has 1 aliphatic heterocycles. The summed E-state index contributed by atoms with van der Waals surface area (Å²) in [7, 11) is 0. The summed E-state index contributed by atoms with van der Waals surface area (Å²) in [6, 6.07) is 3.28. The number of hydrogen-bond acceptors (Lipinski definition) is 5. The highest BCUT2D eigenvalue weighted by molar-refractivity contribution is 5.87. The molecule has 7 heteroatoms. The van der Waals surface area contributed by atoms with Gasteiger partial charge in [-0.3, -0.25) is 9.88 Å². The number of aromatic nitrogens is 1. The molecule has 1 fully saturated rings. The van der Waals surface area contributed by atoms with Crippen molar-refractivity contribution in [1.82, 2.24) is 14.8 Å². The Hall–Kier alpha value is -2.15. The number of hydrogen-bond donors (Lipinski definition) is 1. The van der Waals surface area contributed by atoms with Gasteiger partial charge in [0.25, 0.3) is 0 Å². The Morgan fingerprint density at radius 1 is 1.22 bits per heavy atom. The number of carboxylic acids is 1. The zero-order chi connectivity index (χ0) is 17.0. The molecule has 0 aromatic carbocycles. The molecule has 23 heavy (non-hydrogen) atoms. The van der Waals surface area contributed by atoms with Crippen LogP contribution >= 0.6 is 0 Å². The summed E-state index contributed by atoms with van der Waals surface area (Å²) in [6.07, 6.45) is 1.09. The van der Waals surface area contributed by atoms with Crippen molar-refractivity contribution in [3.63, 3.8) is 0 Å². The summed E-state index contributed by atoms with van der Waals surface area (Å²) in [5.41, 5.74) is 0.522. The van der Waals surface area contributed by atoms with Gasteiger partial charge in [0, 0.05) is 38.9 Å². The molecule has 2 rings (SSSR count). The van der Waals surface area contributed by atoms with E-state index in [1.165, 1.54) is 6.20 Å². The van der Waals surface area contributed by atoms with Gasteiger partial charge in [-0.2, -0.15) is 0 Å². The van der Waals surface area contributed by atoms with Gasteiger partial charge in [0.1, 0.15) is 5.60 Å². The summed E-state index contributed by atoms with van der Waals surface area (Å²) in [5.74, 6) is -0.977. The van der Waals surface area contributed by atoms with Gasteiger partial charge in [0.05, 0.1) is 11.3 Å². The lowest BCUT2D eigenvalue weighted by atomic mass is 10.2. The monoisotopic (exact) mass is 321 g/mol. The maximum absolute atomic E-state index is 12.0. The maximum Gasteiger partial charge on any atom is 0.410 e. The fourth-order valence-corrected chi connectivity index (χ4v) is 2.29. The smallest absolute Gasteiger partial charge is 0.410 e. The summed E-state index contributed by atoms with van der Waals surface area (Å²) in [6.45, 7) is 8.91. The standard InChI is InChI=1S/C16H23N3O4/c1-16(2,3)23-15(22)19-8-6-18(7-9-19)11-13-5-4-12(10-17-13)14(20)21/h4-5,10H,6-9,11H2,1-3H3,(H,20,21). The minimum atomic E-state index is -0.977. The average molecular weight is 321 g/mol. The molecule has 7 nitrogen and oxygen atoms in total. The van der Waals surface area contributed by atoms with Crippen LogP contribution in [0, 0.1) is 0 Å². The van der Waals surface area contributed by atoms with Crippen LogP contribution in [0.2, 0.25) is 0 Å². The molecule has 0 radical (unpaired) electrons. The molecular formula is C16H23N3O4. The summed E-state index contributed by atoms with van der Waals surface area (Å²) < 4.78 is 5.37. The molecular weight excluding hydrogens is 298 g/mol. The molecule has 1 amide bonds. The van der Waals surface area contributed by atoms with Crippen LogP contribution in [-0.4, -0.2) is 63.7 Å². The van der Waals surface area contributed by atoms with Crippen LogP contribution in [0.25, 0.3) is 0 Å². The van der Waals surface area contributed by atoms with E-state index in [0.29, 0.717) is 19.6 Å². The summed E-state index contributed by atoms with van der Waals surface area (Å²) in [5, 5.41) is 8.86. The van der Waals surface area contributed by atoms with Crippen molar-refractivity contribution in [3.05, 3.63) is 29.6 Å². The van der Waals surface area contributed by atoms with Crippen LogP contribution in [0.15, 0.2) is 18.3 Å². The highest BCUT2D eigenvalue weighted by Gasteiger charge is 2.25. The van der Waals surface area contributed by atoms with E-state index < -0.39 is 11.6 Å². The van der Waals surface area contributed by atoms with E-state index in [1.807, 2.05) is 20.8 Å². The molecule has 1 N–H and O–H groups in total. The third-order valence-electron chi connectivity index (χ3n) is 3.48. The third-order valence-corrected chi connectivity index (χ3v) is 3.48. The van der Waals surface area contributed by atoms with Crippen molar-refractivity contribution in [2.45, 2.75) is 32.9 Å². The fraction of sp³-hybridized carbons (Fsp3) is 0.562. The molecule has 0 aliphatic carbocycles. The minimum Gasteiger partial charge on any atom is -0.478 e. The predicted octanol–water partition coefficient (Wildman–Crippen LogP) is 1.83. The zero-order valence-electron chi connectivity index (χ0n) is 13.8. The number of carbonyl (C=O) groups is 2. The van der Waals surface area contributed by atoms with Crippen LogP contribution in [-0.2, 0) is 11.3 Å². The van der Waals surface area contributed by atoms with E-state index in [2.05, 4.69) is 9.88 Å². The van der Waals surface area contributed by atoms with Gasteiger partial charge in [-0.1, -0.05) is 0 Å². The molecule has 1 aliphatic rings. The molecule has 0 bridgehead atoms. The Kier molecular flexibility index (Phi) is 5.20. The Morgan fingerprint density at radius 3 is 2.35 bits per heavy atom. The van der Waals surface area contributed by atoms with Gasteiger partial charge in [0.2, 0.25) is 0 Å². The van der Waals surface area contributed by atoms with Crippen LogP contribution < -0.4 is 0 Å². The highest BCUT2D eigenvalue weighted by atomic mass is 16.6. The lowest BCUT2D eigenvalue weighted by Gasteiger charge is -2.35. The summed E-state index contributed by atoms with van der Waals surface area (Å²) in [4.78, 5) is 30.9. The molecule has 126 valence electrons. The Bertz CT molecular complexity index is 558. The van der Waals surface area contributed by atoms with Gasteiger partial charge >= 0.3 is 12.1 Å². The highest BCUT2D eigenvalue weighted by Crippen LogP contribution is 2.13. The normalized spacial score (nSPS) is 16.2. The van der Waals surface area contributed by atoms with Crippen molar-refractivity contribution in [3.8, 4) is 0 Å². The lowest BCUT2D eigenvalue weighted by Crippen LogP contribution is -2.49. The molecule has 1 saturated heterocycles. The van der Waals surface area contributed by atoms with Crippen molar-refractivity contribution < 1.29 is 19.4 Å². The number of pyridine rings is 1. The predicted molar refractivity (Wildman–Crippen MR) is 84.3 cm³/mol. The SMILES string of the molecule is CC(C)(C)OC(=O)N1CCN(Cc2ccc(C(=O)O)cn2)CC1. The number of rotatable bonds is 3. The first-order valence-electron chi connectivity index (χ1n) is 7.63. The Balaban J connectivity index is 1.82. The molecule has 1 aromatic rings. The molecule has 1 aromatic heterocycles. The van der Waals surface area contributed by atoms with Crippen LogP contribution in [0.4, 0.5) is 4.79 Å². The minimum absolute atomic E-state index is 0.184. The van der Waals surface area contributed by atoms with Crippen LogP contribution in [0.1, 0.15) is 36.8 Å². The van der Waals surface area contributed by atoms with Gasteiger partial charge in [0.15, 0.2) is 0 Å². The topological polar surface area (TPSA) is 83.0 Å². The van der Waals surface area contributed by atoms with Crippen molar-refractivity contribution in [2.24, 2.45) is 0 Å². The zero-order valence-corrected chi connectivity index (χ0v) is 13.8. The molecule has 0 atom stereocenters. The van der Waals surface area contributed by atoms with E-state index in [-0.39, 0.29) is 11.7 Å². The molecule has 0 spiro atoms. The van der Waals surface area contributed by atoms with Gasteiger partial charge < -0.3 is 14.7 Å². The largest absolute Gasteiger partial charge is 0.478 e. The lowest BCUT2D eigenvalue weighted by molar-refractivity contribution is 0.0138. The number of ether oxygens (including phenoxy) is 1. The number of carbonyl (C=O) groups excluding carboxylic acids is 1. The molecule has 0 unspecified atom stereocenters. The van der Waals surface area contributed by atoms with Crippen molar-refractivity contribution in [2.75, 3.05) is 26.2 Å². The van der Waals surface area contributed by atoms with Crippen molar-refractivity contribution >= 4 is 12.1 Å². The van der Waals surface area contributed by atoms with Gasteiger partial charge in [-0.15, -0.1) is 0 Å². The fourth-order valence-electron chi connectivity index (χ4n) is 2.29. The first kappa shape index (κ1) is 17.2. The van der Waals surface area contributed by atoms with E-state index in [1.54, 1.807) is 17.0 Å². The maximum atomic E-state index is 12.0. The number of nitrogens with zero attached hydrogens (tertiary/aromatic N) is 3. The number of carboxylic acid groups (broad SMARTS) is 1.